The zero-order valence-electron chi connectivity index (χ0n) is 12.0. The molecule has 2 unspecified atom stereocenters. The molecule has 2 atom stereocenters. The second kappa shape index (κ2) is 5.24. The average molecular weight is 355 g/mol. The van der Waals surface area contributed by atoms with Crippen molar-refractivity contribution in [1.82, 2.24) is 9.88 Å². The second-order valence-electron chi connectivity index (χ2n) is 6.09. The molecule has 1 saturated carbocycles. The van der Waals surface area contributed by atoms with Gasteiger partial charge >= 0.3 is 11.8 Å². The van der Waals surface area contributed by atoms with Crippen molar-refractivity contribution in [2.45, 2.75) is 12.3 Å². The number of hydrogen-bond acceptors (Lipinski definition) is 3. The highest BCUT2D eigenvalue weighted by Gasteiger charge is 2.53. The van der Waals surface area contributed by atoms with Crippen molar-refractivity contribution in [1.29, 1.82) is 0 Å². The lowest BCUT2D eigenvalue weighted by atomic mass is 10.2. The van der Waals surface area contributed by atoms with Crippen molar-refractivity contribution in [3.63, 3.8) is 0 Å². The number of carbonyl (C=O) groups excluding carboxylic acids is 1. The predicted octanol–water partition coefficient (Wildman–Crippen LogP) is 4.03. The van der Waals surface area contributed by atoms with Crippen LogP contribution in [0.5, 0.6) is 0 Å². The molecule has 2 aliphatic rings. The first-order valence-corrected chi connectivity index (χ1v) is 8.60. The minimum Gasteiger partial charge on any atom is -0.336 e. The zero-order chi connectivity index (χ0) is 16.2. The van der Waals surface area contributed by atoms with Crippen molar-refractivity contribution in [3.8, 4) is 11.3 Å². The highest BCUT2D eigenvalue weighted by molar-refractivity contribution is 7.10. The number of nitrogens with zero attached hydrogens (tertiary/aromatic N) is 2. The Kier molecular flexibility index (Phi) is 3.43. The minimum atomic E-state index is -3.56. The summed E-state index contributed by atoms with van der Waals surface area (Å²) in [7, 11) is 0. The lowest BCUT2D eigenvalue weighted by Crippen LogP contribution is -2.41. The predicted molar refractivity (Wildman–Crippen MR) is 84.6 cm³/mol. The summed E-state index contributed by atoms with van der Waals surface area (Å²) in [5.74, 6) is -3.83. The topological polar surface area (TPSA) is 33.2 Å². The van der Waals surface area contributed by atoms with E-state index in [0.29, 0.717) is 41.2 Å². The Morgan fingerprint density at radius 2 is 1.91 bits per heavy atom. The van der Waals surface area contributed by atoms with E-state index in [1.54, 1.807) is 29.6 Å². The molecule has 1 aromatic heterocycles. The number of alkyl halides is 2. The quantitative estimate of drug-likeness (QED) is 0.833. The van der Waals surface area contributed by atoms with Crippen LogP contribution in [0, 0.1) is 11.8 Å². The number of fused-ring (bicyclic) bond motifs is 1. The number of rotatable bonds is 3. The molecule has 2 heterocycles. The lowest BCUT2D eigenvalue weighted by molar-refractivity contribution is -0.158. The van der Waals surface area contributed by atoms with Gasteiger partial charge in [-0.15, -0.1) is 11.3 Å². The van der Waals surface area contributed by atoms with Crippen LogP contribution in [0.2, 0.25) is 5.02 Å². The van der Waals surface area contributed by atoms with E-state index in [-0.39, 0.29) is 0 Å². The third kappa shape index (κ3) is 2.64. The molecule has 23 heavy (non-hydrogen) atoms. The fourth-order valence-electron chi connectivity index (χ4n) is 3.03. The van der Waals surface area contributed by atoms with E-state index in [2.05, 4.69) is 4.98 Å². The number of hydrogen-bond donors (Lipinski definition) is 0. The number of thiazole rings is 1. The molecular weight excluding hydrogens is 342 g/mol. The van der Waals surface area contributed by atoms with Gasteiger partial charge in [0.25, 0.3) is 0 Å². The normalized spacial score (nSPS) is 23.0. The van der Waals surface area contributed by atoms with Gasteiger partial charge in [-0.05, 0) is 30.4 Å². The summed E-state index contributed by atoms with van der Waals surface area (Å²) in [5, 5.41) is 1.66. The van der Waals surface area contributed by atoms with Crippen LogP contribution in [0.4, 0.5) is 8.78 Å². The van der Waals surface area contributed by atoms with Crippen LogP contribution in [0.3, 0.4) is 0 Å². The number of benzene rings is 1. The molecule has 0 radical (unpaired) electrons. The van der Waals surface area contributed by atoms with Gasteiger partial charge in [0.15, 0.2) is 5.01 Å². The molecule has 1 saturated heterocycles. The maximum Gasteiger partial charge on any atom is 0.375 e. The van der Waals surface area contributed by atoms with E-state index in [9.17, 15) is 13.6 Å². The van der Waals surface area contributed by atoms with Crippen molar-refractivity contribution < 1.29 is 13.6 Å². The lowest BCUT2D eigenvalue weighted by Gasteiger charge is -2.22. The number of amides is 1. The fourth-order valence-corrected chi connectivity index (χ4v) is 3.95. The Balaban J connectivity index is 1.57. The van der Waals surface area contributed by atoms with Gasteiger partial charge in [-0.3, -0.25) is 4.79 Å². The molecule has 0 bridgehead atoms. The van der Waals surface area contributed by atoms with Gasteiger partial charge in [-0.25, -0.2) is 4.98 Å². The number of carbonyl (C=O) groups is 1. The van der Waals surface area contributed by atoms with E-state index in [1.165, 1.54) is 4.90 Å². The van der Waals surface area contributed by atoms with E-state index in [1.807, 2.05) is 0 Å². The maximum absolute atomic E-state index is 14.5. The van der Waals surface area contributed by atoms with E-state index < -0.39 is 16.8 Å². The van der Waals surface area contributed by atoms with Gasteiger partial charge in [0, 0.05) is 29.1 Å². The molecule has 7 heteroatoms. The molecular formula is C16H13ClF2N2OS. The molecule has 1 aromatic carbocycles. The standard InChI is InChI=1S/C16H13ClF2N2OS/c17-12-3-1-9(2-4-12)13-8-23-14(20-13)16(18,19)15(22)21-6-10-5-11(10)7-21/h1-4,8,10-11H,5-7H2. The highest BCUT2D eigenvalue weighted by Crippen LogP contribution is 2.46. The number of piperidine rings is 1. The Morgan fingerprint density at radius 1 is 1.26 bits per heavy atom. The van der Waals surface area contributed by atoms with Crippen LogP contribution in [0.25, 0.3) is 11.3 Å². The summed E-state index contributed by atoms with van der Waals surface area (Å²) < 4.78 is 28.9. The third-order valence-corrected chi connectivity index (χ3v) is 5.61. The second-order valence-corrected chi connectivity index (χ2v) is 7.38. The van der Waals surface area contributed by atoms with Crippen molar-refractivity contribution in [2.24, 2.45) is 11.8 Å². The van der Waals surface area contributed by atoms with Crippen molar-refractivity contribution in [2.75, 3.05) is 13.1 Å². The van der Waals surface area contributed by atoms with Gasteiger partial charge in [0.05, 0.1) is 5.69 Å². The van der Waals surface area contributed by atoms with Gasteiger partial charge in [-0.2, -0.15) is 8.78 Å². The molecule has 2 aromatic rings. The van der Waals surface area contributed by atoms with Gasteiger partial charge in [0.2, 0.25) is 0 Å². The molecule has 1 aliphatic heterocycles. The first kappa shape index (κ1) is 15.0. The van der Waals surface area contributed by atoms with Crippen LogP contribution in [-0.2, 0) is 10.7 Å². The van der Waals surface area contributed by atoms with Crippen LogP contribution in [0.1, 0.15) is 11.4 Å². The fraction of sp³-hybridized carbons (Fsp3) is 0.375. The van der Waals surface area contributed by atoms with Crippen LogP contribution < -0.4 is 0 Å². The summed E-state index contributed by atoms with van der Waals surface area (Å²) in [4.78, 5) is 17.4. The maximum atomic E-state index is 14.5. The third-order valence-electron chi connectivity index (χ3n) is 4.45. The van der Waals surface area contributed by atoms with Crippen molar-refractivity contribution >= 4 is 28.8 Å². The number of likely N-dealkylation sites (tertiary alicyclic amines) is 1. The average Bonchev–Trinajstić information content (AvgIpc) is 2.95. The van der Waals surface area contributed by atoms with Gasteiger partial charge < -0.3 is 4.90 Å². The first-order valence-electron chi connectivity index (χ1n) is 7.34. The highest BCUT2D eigenvalue weighted by atomic mass is 35.5. The van der Waals surface area contributed by atoms with Crippen LogP contribution >= 0.6 is 22.9 Å². The summed E-state index contributed by atoms with van der Waals surface area (Å²) >= 11 is 6.63. The van der Waals surface area contributed by atoms with E-state index >= 15 is 0 Å². The smallest absolute Gasteiger partial charge is 0.336 e. The largest absolute Gasteiger partial charge is 0.375 e. The molecule has 3 nitrogen and oxygen atoms in total. The molecule has 1 aliphatic carbocycles. The van der Waals surface area contributed by atoms with Gasteiger partial charge in [-0.1, -0.05) is 23.7 Å². The van der Waals surface area contributed by atoms with Crippen LogP contribution in [-0.4, -0.2) is 28.9 Å². The monoisotopic (exact) mass is 354 g/mol. The molecule has 1 amide bonds. The summed E-state index contributed by atoms with van der Waals surface area (Å²) in [6.45, 7) is 0.906. The number of aromatic nitrogens is 1. The van der Waals surface area contributed by atoms with E-state index in [4.69, 9.17) is 11.6 Å². The molecule has 2 fully saturated rings. The first-order chi connectivity index (χ1) is 10.9. The van der Waals surface area contributed by atoms with Crippen molar-refractivity contribution in [3.05, 3.63) is 39.7 Å². The summed E-state index contributed by atoms with van der Waals surface area (Å²) in [6, 6.07) is 6.79. The molecule has 0 spiro atoms. The Labute approximate surface area is 140 Å². The number of halogens is 3. The SMILES string of the molecule is O=C(N1CC2CC2C1)C(F)(F)c1nc(-c2ccc(Cl)cc2)cs1. The van der Waals surface area contributed by atoms with Crippen LogP contribution in [0.15, 0.2) is 29.6 Å². The van der Waals surface area contributed by atoms with Gasteiger partial charge in [0.1, 0.15) is 0 Å². The zero-order valence-corrected chi connectivity index (χ0v) is 13.6. The Morgan fingerprint density at radius 3 is 2.57 bits per heavy atom. The summed E-state index contributed by atoms with van der Waals surface area (Å²) in [6.07, 6.45) is 1.06. The minimum absolute atomic E-state index is 0.427. The Hall–Kier alpha value is -1.53. The molecule has 0 N–H and O–H groups in total. The Bertz CT molecular complexity index is 752. The molecule has 4 rings (SSSR count). The summed E-state index contributed by atoms with van der Waals surface area (Å²) in [5.41, 5.74) is 1.13. The molecule has 120 valence electrons. The van der Waals surface area contributed by atoms with E-state index in [0.717, 1.165) is 17.8 Å².